The summed E-state index contributed by atoms with van der Waals surface area (Å²) in [7, 11) is 0.642. The molecule has 1 saturated heterocycles. The highest BCUT2D eigenvalue weighted by Crippen LogP contribution is 2.40. The Labute approximate surface area is 220 Å². The summed E-state index contributed by atoms with van der Waals surface area (Å²) in [6.45, 7) is 3.27. The summed E-state index contributed by atoms with van der Waals surface area (Å²) in [4.78, 5) is 22.2. The zero-order valence-electron chi connectivity index (χ0n) is 21.0. The molecule has 3 aromatic rings. The molecule has 2 aromatic heterocycles. The molecule has 0 spiro atoms. The second-order valence-corrected chi connectivity index (χ2v) is 11.2. The van der Waals surface area contributed by atoms with Crippen LogP contribution in [0.5, 0.6) is 11.5 Å². The number of ether oxygens (including phenoxy) is 2. The molecule has 0 aliphatic carbocycles. The predicted octanol–water partition coefficient (Wildman–Crippen LogP) is 2.96. The Hall–Kier alpha value is -3.45. The van der Waals surface area contributed by atoms with Crippen LogP contribution in [0.2, 0.25) is 5.02 Å². The van der Waals surface area contributed by atoms with Crippen molar-refractivity contribution in [1.29, 1.82) is 0 Å². The molecule has 12 nitrogen and oxygen atoms in total. The molecule has 1 amide bonds. The van der Waals surface area contributed by atoms with Gasteiger partial charge in [0.15, 0.2) is 5.82 Å². The van der Waals surface area contributed by atoms with Crippen LogP contribution in [0.3, 0.4) is 0 Å². The van der Waals surface area contributed by atoms with Crippen molar-refractivity contribution in [3.05, 3.63) is 47.3 Å². The molecule has 1 aliphatic heterocycles. The number of rotatable bonds is 9. The van der Waals surface area contributed by atoms with E-state index >= 15 is 0 Å². The van der Waals surface area contributed by atoms with Gasteiger partial charge in [-0.3, -0.25) is 14.1 Å². The fourth-order valence-electron chi connectivity index (χ4n) is 4.21. The molecule has 1 N–H and O–H groups in total. The number of para-hydroxylation sites is 1. The number of amides is 1. The number of anilines is 1. The first-order valence-electron chi connectivity index (χ1n) is 11.5. The number of sulfonamides is 1. The van der Waals surface area contributed by atoms with Gasteiger partial charge >= 0.3 is 0 Å². The lowest BCUT2D eigenvalue weighted by Crippen LogP contribution is -2.32. The number of hydrogen-bond acceptors (Lipinski definition) is 9. The van der Waals surface area contributed by atoms with Crippen LogP contribution >= 0.6 is 11.6 Å². The second-order valence-electron chi connectivity index (χ2n) is 8.69. The van der Waals surface area contributed by atoms with Crippen molar-refractivity contribution in [1.82, 2.24) is 29.6 Å². The fourth-order valence-corrected chi connectivity index (χ4v) is 5.54. The predicted molar refractivity (Wildman–Crippen MR) is 137 cm³/mol. The number of hydrogen-bond donors (Lipinski definition) is 1. The van der Waals surface area contributed by atoms with E-state index in [0.29, 0.717) is 46.7 Å². The van der Waals surface area contributed by atoms with Crippen molar-refractivity contribution in [2.24, 2.45) is 0 Å². The van der Waals surface area contributed by atoms with E-state index in [2.05, 4.69) is 24.9 Å². The minimum absolute atomic E-state index is 0.0425. The van der Waals surface area contributed by atoms with Gasteiger partial charge in [-0.1, -0.05) is 24.6 Å². The summed E-state index contributed by atoms with van der Waals surface area (Å²) in [5.41, 5.74) is 0.402. The largest absolute Gasteiger partial charge is 0.494 e. The third kappa shape index (κ3) is 5.05. The number of likely N-dealkylation sites (tertiary alicyclic amines) is 1. The molecule has 0 unspecified atom stereocenters. The van der Waals surface area contributed by atoms with Crippen LogP contribution in [0, 0.1) is 0 Å². The number of nitrogens with one attached hydrogen (secondary N) is 1. The average Bonchev–Trinajstić information content (AvgIpc) is 3.44. The van der Waals surface area contributed by atoms with Gasteiger partial charge in [0.05, 0.1) is 30.5 Å². The molecule has 1 fully saturated rings. The number of carbonyl (C=O) groups excluding carboxylic acids is 1. The molecule has 4 rings (SSSR count). The Balaban J connectivity index is 1.80. The maximum Gasteiger partial charge on any atom is 0.243 e. The highest BCUT2D eigenvalue weighted by molar-refractivity contribution is 7.93. The van der Waals surface area contributed by atoms with Crippen LogP contribution in [0.25, 0.3) is 5.69 Å². The Bertz CT molecular complexity index is 1370. The van der Waals surface area contributed by atoms with Gasteiger partial charge in [0.25, 0.3) is 0 Å². The quantitative estimate of drug-likeness (QED) is 0.426. The Morgan fingerprint density at radius 2 is 1.73 bits per heavy atom. The molecule has 0 saturated carbocycles. The number of halogens is 1. The van der Waals surface area contributed by atoms with Crippen LogP contribution in [-0.4, -0.2) is 70.5 Å². The van der Waals surface area contributed by atoms with E-state index < -0.39 is 27.2 Å². The minimum atomic E-state index is -4.02. The highest BCUT2D eigenvalue weighted by Gasteiger charge is 2.37. The first-order valence-corrected chi connectivity index (χ1v) is 13.4. The normalized spacial score (nSPS) is 17.5. The third-order valence-corrected chi connectivity index (χ3v) is 8.63. The monoisotopic (exact) mass is 549 g/mol. The summed E-state index contributed by atoms with van der Waals surface area (Å²) in [5, 5.41) is 7.90. The van der Waals surface area contributed by atoms with E-state index in [1.807, 2.05) is 0 Å². The summed E-state index contributed by atoms with van der Waals surface area (Å²) >= 11 is 5.88. The lowest BCUT2D eigenvalue weighted by atomic mass is 10.1. The Morgan fingerprint density at radius 1 is 1.11 bits per heavy atom. The zero-order chi connectivity index (χ0) is 26.9. The fraction of sp³-hybridized carbons (Fsp3) is 0.435. The van der Waals surface area contributed by atoms with E-state index in [9.17, 15) is 13.2 Å². The average molecular weight is 550 g/mol. The van der Waals surface area contributed by atoms with Crippen molar-refractivity contribution < 1.29 is 22.7 Å². The molecule has 0 bridgehead atoms. The van der Waals surface area contributed by atoms with E-state index in [-0.39, 0.29) is 11.9 Å². The van der Waals surface area contributed by atoms with Gasteiger partial charge in [-0.05, 0) is 25.5 Å². The molecule has 37 heavy (non-hydrogen) atoms. The van der Waals surface area contributed by atoms with E-state index in [1.54, 1.807) is 44.0 Å². The minimum Gasteiger partial charge on any atom is -0.494 e. The summed E-state index contributed by atoms with van der Waals surface area (Å²) < 4.78 is 42.3. The van der Waals surface area contributed by atoms with Gasteiger partial charge in [0, 0.05) is 31.8 Å². The van der Waals surface area contributed by atoms with E-state index in [0.717, 1.165) is 0 Å². The van der Waals surface area contributed by atoms with Gasteiger partial charge < -0.3 is 14.4 Å². The first-order chi connectivity index (χ1) is 17.6. The topological polar surface area (TPSA) is 141 Å². The Kier molecular flexibility index (Phi) is 7.55. The molecule has 0 radical (unpaired) electrons. The van der Waals surface area contributed by atoms with Crippen LogP contribution in [-0.2, 0) is 14.8 Å². The van der Waals surface area contributed by atoms with Crippen molar-refractivity contribution >= 4 is 33.5 Å². The van der Waals surface area contributed by atoms with Crippen LogP contribution in [0.15, 0.2) is 30.6 Å². The Morgan fingerprint density at radius 3 is 2.27 bits per heavy atom. The highest BCUT2D eigenvalue weighted by atomic mass is 35.5. The van der Waals surface area contributed by atoms with E-state index in [4.69, 9.17) is 21.1 Å². The summed E-state index contributed by atoms with van der Waals surface area (Å²) in [6, 6.07) is 4.75. The summed E-state index contributed by atoms with van der Waals surface area (Å²) in [5.74, 6) is 0.843. The smallest absolute Gasteiger partial charge is 0.243 e. The molecule has 3 heterocycles. The van der Waals surface area contributed by atoms with Gasteiger partial charge in [0.1, 0.15) is 23.0 Å². The van der Waals surface area contributed by atoms with Gasteiger partial charge in [-0.2, -0.15) is 0 Å². The van der Waals surface area contributed by atoms with Crippen molar-refractivity contribution in [2.75, 3.05) is 26.0 Å². The standard InChI is InChI=1S/C23H28ClN7O5S/c1-13(21-25-11-15(24)12-26-21)14(2)37(33,34)29-23-28-27-22(16-9-10-19(32)30(16)3)31(23)20-17(35-4)7-6-8-18(20)36-5/h6-8,11-14,16H,9-10H2,1-5H3,(H,28,29)/t13-,14-,16+/m0/s1. The number of aromatic nitrogens is 5. The molecule has 14 heteroatoms. The number of methoxy groups -OCH3 is 2. The van der Waals surface area contributed by atoms with Crippen LogP contribution in [0.1, 0.15) is 50.3 Å². The lowest BCUT2D eigenvalue weighted by molar-refractivity contribution is -0.127. The number of nitrogens with zero attached hydrogens (tertiary/aromatic N) is 6. The molecule has 198 valence electrons. The SMILES string of the molecule is COc1cccc(OC)c1-n1c(NS(=O)(=O)[C@@H](C)[C@H](C)c2ncc(Cl)cn2)nnc1[C@H]1CCC(=O)N1C. The second kappa shape index (κ2) is 10.5. The summed E-state index contributed by atoms with van der Waals surface area (Å²) in [6.07, 6.45) is 3.68. The maximum atomic E-state index is 13.5. The van der Waals surface area contributed by atoms with Gasteiger partial charge in [-0.25, -0.2) is 18.4 Å². The zero-order valence-corrected chi connectivity index (χ0v) is 22.6. The third-order valence-electron chi connectivity index (χ3n) is 6.58. The van der Waals surface area contributed by atoms with Gasteiger partial charge in [0.2, 0.25) is 21.9 Å². The van der Waals surface area contributed by atoms with Crippen molar-refractivity contribution in [3.8, 4) is 17.2 Å². The first kappa shape index (κ1) is 26.6. The molecule has 1 aliphatic rings. The molecule has 3 atom stereocenters. The lowest BCUT2D eigenvalue weighted by Gasteiger charge is -2.24. The van der Waals surface area contributed by atoms with Gasteiger partial charge in [-0.15, -0.1) is 10.2 Å². The van der Waals surface area contributed by atoms with Crippen LogP contribution < -0.4 is 14.2 Å². The van der Waals surface area contributed by atoms with Crippen molar-refractivity contribution in [3.63, 3.8) is 0 Å². The maximum absolute atomic E-state index is 13.5. The molecular weight excluding hydrogens is 522 g/mol. The van der Waals surface area contributed by atoms with E-state index in [1.165, 1.54) is 31.2 Å². The number of carbonyl (C=O) groups is 1. The molecule has 1 aromatic carbocycles. The molecular formula is C23H28ClN7O5S. The number of benzene rings is 1. The van der Waals surface area contributed by atoms with Crippen molar-refractivity contribution in [2.45, 2.75) is 43.9 Å². The van der Waals surface area contributed by atoms with Crippen LogP contribution in [0.4, 0.5) is 5.95 Å².